The van der Waals surface area contributed by atoms with Crippen molar-refractivity contribution in [2.24, 2.45) is 0 Å². The molecule has 0 aromatic heterocycles. The molecule has 2 rings (SSSR count). The number of carbonyl (C=O) groups excluding carboxylic acids is 2. The van der Waals surface area contributed by atoms with Crippen LogP contribution in [0.1, 0.15) is 30.1 Å². The molecule has 3 nitrogen and oxygen atoms in total. The van der Waals surface area contributed by atoms with Gasteiger partial charge in [0.1, 0.15) is 0 Å². The molecule has 0 spiro atoms. The molecule has 0 atom stereocenters. The van der Waals surface area contributed by atoms with Crippen molar-refractivity contribution in [1.29, 1.82) is 0 Å². The number of unbranched alkanes of at least 4 members (excludes halogenated alkanes) is 1. The molecule has 0 saturated carbocycles. The van der Waals surface area contributed by atoms with Gasteiger partial charge in [0.25, 0.3) is 11.7 Å². The Bertz CT molecular complexity index is 456. The van der Waals surface area contributed by atoms with Gasteiger partial charge in [-0.15, -0.1) is 0 Å². The van der Waals surface area contributed by atoms with Gasteiger partial charge in [0.2, 0.25) is 0 Å². The molecule has 84 valence electrons. The number of benzene rings is 1. The normalized spacial score (nSPS) is 14.5. The van der Waals surface area contributed by atoms with Crippen molar-refractivity contribution in [1.82, 2.24) is 0 Å². The third-order valence-corrected chi connectivity index (χ3v) is 2.90. The lowest BCUT2D eigenvalue weighted by Crippen LogP contribution is -2.30. The number of amides is 1. The maximum Gasteiger partial charge on any atom is 0.299 e. The molecule has 0 unspecified atom stereocenters. The van der Waals surface area contributed by atoms with Crippen LogP contribution in [0.3, 0.4) is 0 Å². The molecule has 1 aliphatic rings. The quantitative estimate of drug-likeness (QED) is 0.758. The lowest BCUT2D eigenvalue weighted by molar-refractivity contribution is -0.114. The summed E-state index contributed by atoms with van der Waals surface area (Å²) in [7, 11) is 0. The number of ketones is 1. The number of fused-ring (bicyclic) bond motifs is 1. The minimum Gasteiger partial charge on any atom is -0.305 e. The van der Waals surface area contributed by atoms with Gasteiger partial charge in [0.05, 0.1) is 11.3 Å². The van der Waals surface area contributed by atoms with Crippen molar-refractivity contribution in [2.45, 2.75) is 19.8 Å². The third kappa shape index (κ3) is 1.71. The minimum atomic E-state index is -0.439. The first-order valence-corrected chi connectivity index (χ1v) is 5.68. The van der Waals surface area contributed by atoms with Crippen molar-refractivity contribution >= 4 is 29.0 Å². The average Bonchev–Trinajstić information content (AvgIpc) is 2.50. The third-order valence-electron chi connectivity index (χ3n) is 2.67. The molecule has 1 aromatic rings. The predicted molar refractivity (Wildman–Crippen MR) is 63.0 cm³/mol. The van der Waals surface area contributed by atoms with E-state index in [0.29, 0.717) is 22.8 Å². The fourth-order valence-corrected chi connectivity index (χ4v) is 1.97. The van der Waals surface area contributed by atoms with Crippen LogP contribution in [0.15, 0.2) is 18.2 Å². The van der Waals surface area contributed by atoms with Crippen LogP contribution in [-0.4, -0.2) is 18.2 Å². The highest BCUT2D eigenvalue weighted by atomic mass is 35.5. The summed E-state index contributed by atoms with van der Waals surface area (Å²) in [5.74, 6) is -0.867. The Hall–Kier alpha value is -1.35. The van der Waals surface area contributed by atoms with Gasteiger partial charge in [-0.3, -0.25) is 9.59 Å². The Morgan fingerprint density at radius 1 is 1.31 bits per heavy atom. The first-order chi connectivity index (χ1) is 7.65. The van der Waals surface area contributed by atoms with Crippen LogP contribution in [-0.2, 0) is 4.79 Å². The van der Waals surface area contributed by atoms with E-state index >= 15 is 0 Å². The van der Waals surface area contributed by atoms with E-state index in [1.807, 2.05) is 6.92 Å². The first-order valence-electron chi connectivity index (χ1n) is 5.31. The Balaban J connectivity index is 2.39. The molecular weight excluding hydrogens is 226 g/mol. The van der Waals surface area contributed by atoms with Crippen molar-refractivity contribution in [3.63, 3.8) is 0 Å². The van der Waals surface area contributed by atoms with Gasteiger partial charge in [-0.2, -0.15) is 0 Å². The van der Waals surface area contributed by atoms with Crippen LogP contribution in [0.2, 0.25) is 5.02 Å². The van der Waals surface area contributed by atoms with Crippen LogP contribution in [0, 0.1) is 0 Å². The number of Topliss-reactive ketones (excluding diaryl/α,β-unsaturated/α-hetero) is 1. The number of rotatable bonds is 3. The zero-order chi connectivity index (χ0) is 11.7. The van der Waals surface area contributed by atoms with E-state index in [4.69, 9.17) is 11.6 Å². The van der Waals surface area contributed by atoms with Gasteiger partial charge in [-0.05, 0) is 24.6 Å². The maximum absolute atomic E-state index is 11.7. The van der Waals surface area contributed by atoms with Crippen molar-refractivity contribution < 1.29 is 9.59 Å². The summed E-state index contributed by atoms with van der Waals surface area (Å²) in [6.45, 7) is 2.62. The monoisotopic (exact) mass is 237 g/mol. The summed E-state index contributed by atoms with van der Waals surface area (Å²) in [6, 6.07) is 4.92. The molecule has 1 heterocycles. The number of halogens is 1. The number of hydrogen-bond acceptors (Lipinski definition) is 2. The summed E-state index contributed by atoms with van der Waals surface area (Å²) in [4.78, 5) is 24.9. The van der Waals surface area contributed by atoms with Crippen molar-refractivity contribution in [2.75, 3.05) is 11.4 Å². The zero-order valence-corrected chi connectivity index (χ0v) is 9.75. The summed E-state index contributed by atoms with van der Waals surface area (Å²) < 4.78 is 0. The smallest absolute Gasteiger partial charge is 0.299 e. The molecule has 0 radical (unpaired) electrons. The molecule has 0 N–H and O–H groups in total. The molecular formula is C12H12ClNO2. The van der Waals surface area contributed by atoms with Gasteiger partial charge in [-0.1, -0.05) is 24.9 Å². The van der Waals surface area contributed by atoms with Crippen molar-refractivity contribution in [3.8, 4) is 0 Å². The molecule has 16 heavy (non-hydrogen) atoms. The lowest BCUT2D eigenvalue weighted by Gasteiger charge is -2.15. The van der Waals surface area contributed by atoms with E-state index in [1.54, 1.807) is 18.2 Å². The van der Waals surface area contributed by atoms with Gasteiger partial charge in [0.15, 0.2) is 0 Å². The second-order valence-corrected chi connectivity index (χ2v) is 4.24. The van der Waals surface area contributed by atoms with E-state index in [9.17, 15) is 9.59 Å². The topological polar surface area (TPSA) is 37.4 Å². The van der Waals surface area contributed by atoms with Gasteiger partial charge >= 0.3 is 0 Å². The first kappa shape index (κ1) is 11.1. The second-order valence-electron chi connectivity index (χ2n) is 3.80. The number of anilines is 1. The van der Waals surface area contributed by atoms with Crippen molar-refractivity contribution in [3.05, 3.63) is 28.8 Å². The molecule has 0 saturated heterocycles. The standard InChI is InChI=1S/C12H12ClNO2/c1-2-3-6-14-10-7-8(13)4-5-9(10)11(15)12(14)16/h4-5,7H,2-3,6H2,1H3. The van der Waals surface area contributed by atoms with Crippen LogP contribution in [0.5, 0.6) is 0 Å². The Morgan fingerprint density at radius 2 is 2.06 bits per heavy atom. The molecule has 1 amide bonds. The molecule has 0 bridgehead atoms. The molecule has 0 aliphatic carbocycles. The summed E-state index contributed by atoms with van der Waals surface area (Å²) >= 11 is 5.87. The van der Waals surface area contributed by atoms with Gasteiger partial charge in [-0.25, -0.2) is 0 Å². The molecule has 4 heteroatoms. The van der Waals surface area contributed by atoms with E-state index < -0.39 is 11.7 Å². The van der Waals surface area contributed by atoms with Gasteiger partial charge < -0.3 is 4.90 Å². The van der Waals surface area contributed by atoms with Crippen LogP contribution in [0.25, 0.3) is 0 Å². The largest absolute Gasteiger partial charge is 0.305 e. The summed E-state index contributed by atoms with van der Waals surface area (Å²) in [6.07, 6.45) is 1.86. The summed E-state index contributed by atoms with van der Waals surface area (Å²) in [5.41, 5.74) is 1.11. The van der Waals surface area contributed by atoms with E-state index in [0.717, 1.165) is 12.8 Å². The predicted octanol–water partition coefficient (Wildman–Crippen LogP) is 2.67. The highest BCUT2D eigenvalue weighted by Crippen LogP contribution is 2.31. The molecule has 1 aromatic carbocycles. The second kappa shape index (κ2) is 4.26. The van der Waals surface area contributed by atoms with Gasteiger partial charge in [0, 0.05) is 11.6 Å². The Morgan fingerprint density at radius 3 is 2.75 bits per heavy atom. The Labute approximate surface area is 99.0 Å². The van der Waals surface area contributed by atoms with Crippen LogP contribution in [0.4, 0.5) is 5.69 Å². The molecule has 1 aliphatic heterocycles. The highest BCUT2D eigenvalue weighted by molar-refractivity contribution is 6.52. The Kier molecular flexibility index (Phi) is 2.97. The SMILES string of the molecule is CCCCN1C(=O)C(=O)c2ccc(Cl)cc21. The average molecular weight is 238 g/mol. The minimum absolute atomic E-state index is 0.428. The zero-order valence-electron chi connectivity index (χ0n) is 9.00. The fraction of sp³-hybridized carbons (Fsp3) is 0.333. The summed E-state index contributed by atoms with van der Waals surface area (Å²) in [5, 5.41) is 0.544. The highest BCUT2D eigenvalue weighted by Gasteiger charge is 2.35. The van der Waals surface area contributed by atoms with Crippen LogP contribution < -0.4 is 4.90 Å². The van der Waals surface area contributed by atoms with Crippen LogP contribution >= 0.6 is 11.6 Å². The van der Waals surface area contributed by atoms with E-state index in [1.165, 1.54) is 4.90 Å². The fourth-order valence-electron chi connectivity index (χ4n) is 1.81. The maximum atomic E-state index is 11.7. The van der Waals surface area contributed by atoms with E-state index in [-0.39, 0.29) is 0 Å². The number of carbonyl (C=O) groups is 2. The molecule has 0 fully saturated rings. The lowest BCUT2D eigenvalue weighted by atomic mass is 10.1. The van der Waals surface area contributed by atoms with E-state index in [2.05, 4.69) is 0 Å². The number of hydrogen-bond donors (Lipinski definition) is 0. The number of nitrogens with zero attached hydrogens (tertiary/aromatic N) is 1.